The fourth-order valence-corrected chi connectivity index (χ4v) is 5.53. The largest absolute Gasteiger partial charge is 0.264 e. The van der Waals surface area contributed by atoms with Gasteiger partial charge in [0.05, 0.1) is 21.2 Å². The molecule has 1 aliphatic rings. The summed E-state index contributed by atoms with van der Waals surface area (Å²) in [5.41, 5.74) is 1.18. The van der Waals surface area contributed by atoms with Crippen LogP contribution in [-0.2, 0) is 19.9 Å². The molecule has 0 fully saturated rings. The average molecular weight is 337 g/mol. The van der Waals surface area contributed by atoms with Crippen molar-refractivity contribution in [1.82, 2.24) is 0 Å². The molecule has 0 saturated heterocycles. The van der Waals surface area contributed by atoms with E-state index in [0.717, 1.165) is 5.56 Å². The molecule has 0 radical (unpaired) electrons. The SMILES string of the molecule is Cc1ccc(S(=O)(=O)N2CCS(=O)(=O)c3ccccc32)cc1. The summed E-state index contributed by atoms with van der Waals surface area (Å²) < 4.78 is 51.0. The van der Waals surface area contributed by atoms with Crippen LogP contribution in [0.1, 0.15) is 5.56 Å². The molecule has 0 aliphatic carbocycles. The number of hydrogen-bond donors (Lipinski definition) is 0. The number of para-hydroxylation sites is 1. The van der Waals surface area contributed by atoms with Crippen LogP contribution in [0.4, 0.5) is 5.69 Å². The Morgan fingerprint density at radius 2 is 1.64 bits per heavy atom. The van der Waals surface area contributed by atoms with E-state index < -0.39 is 19.9 Å². The van der Waals surface area contributed by atoms with Crippen LogP contribution in [0.2, 0.25) is 0 Å². The van der Waals surface area contributed by atoms with Gasteiger partial charge in [-0.25, -0.2) is 16.8 Å². The van der Waals surface area contributed by atoms with Gasteiger partial charge in [0, 0.05) is 6.54 Å². The molecule has 1 heterocycles. The Bertz CT molecular complexity index is 916. The molecule has 3 rings (SSSR count). The molecule has 0 atom stereocenters. The minimum absolute atomic E-state index is 0.0666. The summed E-state index contributed by atoms with van der Waals surface area (Å²) in [5.74, 6) is -0.213. The summed E-state index contributed by atoms with van der Waals surface area (Å²) in [6, 6.07) is 12.7. The van der Waals surface area contributed by atoms with Gasteiger partial charge in [-0.15, -0.1) is 0 Å². The minimum atomic E-state index is -3.77. The molecule has 0 N–H and O–H groups in total. The van der Waals surface area contributed by atoms with Crippen molar-refractivity contribution in [2.45, 2.75) is 16.7 Å². The van der Waals surface area contributed by atoms with Crippen LogP contribution in [0.15, 0.2) is 58.3 Å². The number of sulfone groups is 1. The number of benzene rings is 2. The van der Waals surface area contributed by atoms with Crippen LogP contribution >= 0.6 is 0 Å². The van der Waals surface area contributed by atoms with Gasteiger partial charge < -0.3 is 0 Å². The first-order valence-corrected chi connectivity index (χ1v) is 9.83. The van der Waals surface area contributed by atoms with Gasteiger partial charge in [-0.2, -0.15) is 0 Å². The van der Waals surface area contributed by atoms with E-state index in [2.05, 4.69) is 0 Å². The molecule has 5 nitrogen and oxygen atoms in total. The van der Waals surface area contributed by atoms with Crippen molar-refractivity contribution >= 4 is 25.5 Å². The van der Waals surface area contributed by atoms with Crippen molar-refractivity contribution in [1.29, 1.82) is 0 Å². The van der Waals surface area contributed by atoms with Crippen molar-refractivity contribution in [3.63, 3.8) is 0 Å². The van der Waals surface area contributed by atoms with E-state index in [1.54, 1.807) is 24.3 Å². The van der Waals surface area contributed by atoms with E-state index in [-0.39, 0.29) is 27.8 Å². The average Bonchev–Trinajstić information content (AvgIpc) is 2.47. The van der Waals surface area contributed by atoms with Crippen molar-refractivity contribution in [2.75, 3.05) is 16.6 Å². The Morgan fingerprint density at radius 1 is 1.00 bits per heavy atom. The van der Waals surface area contributed by atoms with Gasteiger partial charge in [-0.05, 0) is 31.2 Å². The van der Waals surface area contributed by atoms with E-state index in [1.807, 2.05) is 6.92 Å². The van der Waals surface area contributed by atoms with Crippen molar-refractivity contribution in [3.8, 4) is 0 Å². The number of fused-ring (bicyclic) bond motifs is 1. The molecule has 0 aromatic heterocycles. The van der Waals surface area contributed by atoms with Gasteiger partial charge in [-0.3, -0.25) is 4.31 Å². The maximum absolute atomic E-state index is 12.8. The van der Waals surface area contributed by atoms with E-state index in [9.17, 15) is 16.8 Å². The lowest BCUT2D eigenvalue weighted by Gasteiger charge is -2.30. The lowest BCUT2D eigenvalue weighted by molar-refractivity contribution is 0.584. The maximum atomic E-state index is 12.8. The van der Waals surface area contributed by atoms with E-state index >= 15 is 0 Å². The van der Waals surface area contributed by atoms with Crippen LogP contribution in [0.25, 0.3) is 0 Å². The monoisotopic (exact) mass is 337 g/mol. The zero-order chi connectivity index (χ0) is 16.0. The van der Waals surface area contributed by atoms with Gasteiger partial charge in [0.2, 0.25) is 0 Å². The molecule has 1 aliphatic heterocycles. The van der Waals surface area contributed by atoms with Gasteiger partial charge >= 0.3 is 0 Å². The number of rotatable bonds is 2. The van der Waals surface area contributed by atoms with Crippen molar-refractivity contribution in [2.24, 2.45) is 0 Å². The van der Waals surface area contributed by atoms with Crippen LogP contribution in [0.5, 0.6) is 0 Å². The second kappa shape index (κ2) is 5.10. The maximum Gasteiger partial charge on any atom is 0.264 e. The molecule has 0 spiro atoms. The summed E-state index contributed by atoms with van der Waals surface area (Å²) in [7, 11) is -7.20. The predicted octanol–water partition coefficient (Wildman–Crippen LogP) is 1.98. The molecule has 0 unspecified atom stereocenters. The molecule has 2 aromatic carbocycles. The summed E-state index contributed by atoms with van der Waals surface area (Å²) in [5, 5.41) is 0. The van der Waals surface area contributed by atoms with Gasteiger partial charge in [0.15, 0.2) is 9.84 Å². The lowest BCUT2D eigenvalue weighted by atomic mass is 10.2. The van der Waals surface area contributed by atoms with E-state index in [1.165, 1.54) is 28.6 Å². The van der Waals surface area contributed by atoms with Crippen LogP contribution in [0, 0.1) is 6.92 Å². The first-order chi connectivity index (χ1) is 10.3. The summed E-state index contributed by atoms with van der Waals surface area (Å²) >= 11 is 0. The number of sulfonamides is 1. The first-order valence-electron chi connectivity index (χ1n) is 6.73. The van der Waals surface area contributed by atoms with Crippen LogP contribution in [0.3, 0.4) is 0 Å². The third-order valence-electron chi connectivity index (χ3n) is 3.64. The molecular formula is C15H15NO4S2. The Balaban J connectivity index is 2.15. The zero-order valence-electron chi connectivity index (χ0n) is 11.9. The van der Waals surface area contributed by atoms with Crippen molar-refractivity contribution < 1.29 is 16.8 Å². The Labute approximate surface area is 130 Å². The molecule has 0 amide bonds. The first kappa shape index (κ1) is 15.1. The molecule has 0 bridgehead atoms. The minimum Gasteiger partial charge on any atom is -0.264 e. The quantitative estimate of drug-likeness (QED) is 0.840. The van der Waals surface area contributed by atoms with E-state index in [0.29, 0.717) is 0 Å². The summed E-state index contributed by atoms with van der Waals surface area (Å²) in [4.78, 5) is 0.226. The third kappa shape index (κ3) is 2.40. The van der Waals surface area contributed by atoms with Crippen LogP contribution < -0.4 is 4.31 Å². The molecule has 7 heteroatoms. The van der Waals surface area contributed by atoms with Gasteiger partial charge in [-0.1, -0.05) is 29.8 Å². The topological polar surface area (TPSA) is 71.5 Å². The Morgan fingerprint density at radius 3 is 2.32 bits per heavy atom. The van der Waals surface area contributed by atoms with Crippen LogP contribution in [-0.4, -0.2) is 29.1 Å². The van der Waals surface area contributed by atoms with E-state index in [4.69, 9.17) is 0 Å². The fourth-order valence-electron chi connectivity index (χ4n) is 2.45. The predicted molar refractivity (Wildman–Crippen MR) is 84.2 cm³/mol. The van der Waals surface area contributed by atoms with Crippen molar-refractivity contribution in [3.05, 3.63) is 54.1 Å². The molecule has 0 saturated carbocycles. The standard InChI is InChI=1S/C15H15NO4S2/c1-12-6-8-13(9-7-12)22(19,20)16-10-11-21(17,18)15-5-3-2-4-14(15)16/h2-9H,10-11H2,1H3. The number of anilines is 1. The Kier molecular flexibility index (Phi) is 3.49. The zero-order valence-corrected chi connectivity index (χ0v) is 13.6. The molecular weight excluding hydrogens is 322 g/mol. The molecule has 2 aromatic rings. The highest BCUT2D eigenvalue weighted by molar-refractivity contribution is 7.94. The normalized spacial score (nSPS) is 17.0. The highest BCUT2D eigenvalue weighted by Crippen LogP contribution is 2.34. The second-order valence-corrected chi connectivity index (χ2v) is 9.12. The smallest absolute Gasteiger partial charge is 0.264 e. The third-order valence-corrected chi connectivity index (χ3v) is 7.20. The second-order valence-electron chi connectivity index (χ2n) is 5.18. The fraction of sp³-hybridized carbons (Fsp3) is 0.200. The summed E-state index contributed by atoms with van der Waals surface area (Å²) in [6.07, 6.45) is 0. The van der Waals surface area contributed by atoms with Gasteiger partial charge in [0.25, 0.3) is 10.0 Å². The lowest BCUT2D eigenvalue weighted by Crippen LogP contribution is -2.39. The highest BCUT2D eigenvalue weighted by Gasteiger charge is 2.35. The number of nitrogens with zero attached hydrogens (tertiary/aromatic N) is 1. The number of hydrogen-bond acceptors (Lipinski definition) is 4. The number of aryl methyl sites for hydroxylation is 1. The highest BCUT2D eigenvalue weighted by atomic mass is 32.2. The molecule has 116 valence electrons. The summed E-state index contributed by atoms with van der Waals surface area (Å²) in [6.45, 7) is 1.80. The molecule has 22 heavy (non-hydrogen) atoms. The van der Waals surface area contributed by atoms with Gasteiger partial charge in [0.1, 0.15) is 0 Å². The Hall–Kier alpha value is -1.86.